The van der Waals surface area contributed by atoms with Gasteiger partial charge in [0.15, 0.2) is 11.2 Å². The van der Waals surface area contributed by atoms with Crippen LogP contribution in [0.1, 0.15) is 34.8 Å². The number of benzene rings is 2. The number of carbonyl (C=O) groups excluding carboxylic acids is 1. The van der Waals surface area contributed by atoms with Crippen molar-refractivity contribution in [3.05, 3.63) is 77.4 Å². The fraction of sp³-hybridized carbons (Fsp3) is 0.200. The third-order valence-corrected chi connectivity index (χ3v) is 6.33. The first-order valence-corrected chi connectivity index (χ1v) is 11.2. The van der Waals surface area contributed by atoms with Crippen LogP contribution in [0.5, 0.6) is 0 Å². The van der Waals surface area contributed by atoms with E-state index in [4.69, 9.17) is 9.40 Å². The maximum absolute atomic E-state index is 14.5. The van der Waals surface area contributed by atoms with Gasteiger partial charge in [-0.1, -0.05) is 0 Å². The SMILES string of the molecule is COC(=O)c1cc2nc(-c3cnn4ccc(N5CCC[C@@H]5c5cc(F)ccc5F)nc34)oc2cc1F. The van der Waals surface area contributed by atoms with Crippen molar-refractivity contribution in [2.45, 2.75) is 18.9 Å². The molecule has 1 aliphatic heterocycles. The van der Waals surface area contributed by atoms with Gasteiger partial charge in [0.05, 0.1) is 24.9 Å². The van der Waals surface area contributed by atoms with Crippen molar-refractivity contribution in [1.82, 2.24) is 19.6 Å². The van der Waals surface area contributed by atoms with Crippen molar-refractivity contribution in [1.29, 1.82) is 0 Å². The Bertz CT molecular complexity index is 1650. The zero-order valence-corrected chi connectivity index (χ0v) is 18.9. The third kappa shape index (κ3) is 3.55. The molecule has 0 aliphatic carbocycles. The normalized spacial score (nSPS) is 15.8. The summed E-state index contributed by atoms with van der Waals surface area (Å²) in [4.78, 5) is 22.9. The fourth-order valence-electron chi connectivity index (χ4n) is 4.64. The van der Waals surface area contributed by atoms with Crippen LogP contribution in [-0.4, -0.2) is 39.2 Å². The van der Waals surface area contributed by atoms with Gasteiger partial charge in [-0.2, -0.15) is 5.10 Å². The molecule has 1 fully saturated rings. The number of esters is 1. The summed E-state index contributed by atoms with van der Waals surface area (Å²) in [7, 11) is 1.16. The van der Waals surface area contributed by atoms with Crippen LogP contribution in [0, 0.1) is 17.5 Å². The number of aromatic nitrogens is 4. The van der Waals surface area contributed by atoms with Gasteiger partial charge in [0, 0.05) is 24.4 Å². The summed E-state index contributed by atoms with van der Waals surface area (Å²) >= 11 is 0. The Hall–Kier alpha value is -4.41. The number of methoxy groups -OCH3 is 1. The van der Waals surface area contributed by atoms with Crippen molar-refractivity contribution in [3.63, 3.8) is 0 Å². The number of oxazole rings is 1. The summed E-state index contributed by atoms with van der Waals surface area (Å²) in [6.07, 6.45) is 4.66. The topological polar surface area (TPSA) is 85.8 Å². The maximum atomic E-state index is 14.5. The van der Waals surface area contributed by atoms with Crippen LogP contribution >= 0.6 is 0 Å². The van der Waals surface area contributed by atoms with Gasteiger partial charge >= 0.3 is 5.97 Å². The third-order valence-electron chi connectivity index (χ3n) is 6.33. The van der Waals surface area contributed by atoms with Crippen molar-refractivity contribution in [2.24, 2.45) is 0 Å². The quantitative estimate of drug-likeness (QED) is 0.323. The molecule has 0 unspecified atom stereocenters. The minimum atomic E-state index is -0.823. The van der Waals surface area contributed by atoms with E-state index in [1.807, 2.05) is 4.90 Å². The van der Waals surface area contributed by atoms with E-state index in [0.29, 0.717) is 30.0 Å². The molecule has 1 aliphatic rings. The lowest BCUT2D eigenvalue weighted by molar-refractivity contribution is 0.0595. The largest absolute Gasteiger partial charge is 0.465 e. The molecule has 0 spiro atoms. The van der Waals surface area contributed by atoms with Crippen LogP contribution in [0.2, 0.25) is 0 Å². The average molecular weight is 493 g/mol. The number of anilines is 1. The highest BCUT2D eigenvalue weighted by Crippen LogP contribution is 2.37. The van der Waals surface area contributed by atoms with Gasteiger partial charge in [0.2, 0.25) is 5.89 Å². The summed E-state index contributed by atoms with van der Waals surface area (Å²) < 4.78 is 54.6. The molecule has 0 amide bonds. The van der Waals surface area contributed by atoms with E-state index in [1.165, 1.54) is 22.8 Å². The summed E-state index contributed by atoms with van der Waals surface area (Å²) in [5.41, 5.74) is 1.30. The van der Waals surface area contributed by atoms with E-state index < -0.39 is 23.4 Å². The smallest absolute Gasteiger partial charge is 0.340 e. The Morgan fingerprint density at radius 1 is 1.11 bits per heavy atom. The first-order chi connectivity index (χ1) is 17.4. The molecule has 6 rings (SSSR count). The van der Waals surface area contributed by atoms with Crippen LogP contribution in [0.4, 0.5) is 19.0 Å². The van der Waals surface area contributed by atoms with Crippen LogP contribution < -0.4 is 4.90 Å². The number of ether oxygens (including phenoxy) is 1. The molecule has 182 valence electrons. The van der Waals surface area contributed by atoms with Crippen LogP contribution in [0.25, 0.3) is 28.2 Å². The Balaban J connectivity index is 1.41. The van der Waals surface area contributed by atoms with E-state index in [0.717, 1.165) is 31.7 Å². The number of hydrogen-bond acceptors (Lipinski definition) is 7. The van der Waals surface area contributed by atoms with Crippen LogP contribution in [-0.2, 0) is 4.74 Å². The van der Waals surface area contributed by atoms with Crippen molar-refractivity contribution in [3.8, 4) is 11.5 Å². The number of rotatable bonds is 4. The first kappa shape index (κ1) is 22.1. The molecular weight excluding hydrogens is 475 g/mol. The molecule has 0 radical (unpaired) electrons. The number of nitrogens with zero attached hydrogens (tertiary/aromatic N) is 5. The molecule has 2 aromatic carbocycles. The predicted octanol–water partition coefficient (Wildman–Crippen LogP) is 5.08. The summed E-state index contributed by atoms with van der Waals surface area (Å²) in [6.45, 7) is 0.617. The number of hydrogen-bond donors (Lipinski definition) is 0. The van der Waals surface area contributed by atoms with E-state index in [9.17, 15) is 18.0 Å². The molecule has 5 aromatic rings. The maximum Gasteiger partial charge on any atom is 0.340 e. The van der Waals surface area contributed by atoms with Crippen molar-refractivity contribution in [2.75, 3.05) is 18.6 Å². The van der Waals surface area contributed by atoms with E-state index in [-0.39, 0.29) is 34.2 Å². The summed E-state index contributed by atoms with van der Waals surface area (Å²) in [5, 5.41) is 4.29. The van der Waals surface area contributed by atoms with Crippen molar-refractivity contribution < 1.29 is 27.1 Å². The number of halogens is 3. The molecular formula is C25H18F3N5O3. The molecule has 0 saturated carbocycles. The Kier molecular flexibility index (Phi) is 5.13. The highest BCUT2D eigenvalue weighted by molar-refractivity contribution is 5.94. The van der Waals surface area contributed by atoms with Gasteiger partial charge in [-0.05, 0) is 43.2 Å². The predicted molar refractivity (Wildman–Crippen MR) is 123 cm³/mol. The van der Waals surface area contributed by atoms with E-state index in [1.54, 1.807) is 12.3 Å². The Labute approximate surface area is 201 Å². The van der Waals surface area contributed by atoms with Gasteiger partial charge in [0.25, 0.3) is 0 Å². The van der Waals surface area contributed by atoms with E-state index >= 15 is 0 Å². The molecule has 36 heavy (non-hydrogen) atoms. The zero-order chi connectivity index (χ0) is 25.0. The standard InChI is InChI=1S/C25H18F3N5O3/c1-35-25(34)15-10-19-21(11-18(15)28)36-24(30-19)16-12-29-33-8-6-22(31-23(16)33)32-7-2-3-20(32)14-9-13(26)4-5-17(14)27/h4-6,8-12,20H,2-3,7H2,1H3/t20-/m1/s1. The van der Waals surface area contributed by atoms with Gasteiger partial charge in [0.1, 0.15) is 34.3 Å². The fourth-order valence-corrected chi connectivity index (χ4v) is 4.64. The second-order valence-electron chi connectivity index (χ2n) is 8.44. The molecule has 0 N–H and O–H groups in total. The van der Waals surface area contributed by atoms with Gasteiger partial charge in [-0.25, -0.2) is 32.4 Å². The highest BCUT2D eigenvalue weighted by atomic mass is 19.1. The van der Waals surface area contributed by atoms with Gasteiger partial charge in [-0.3, -0.25) is 0 Å². The van der Waals surface area contributed by atoms with E-state index in [2.05, 4.69) is 14.8 Å². The lowest BCUT2D eigenvalue weighted by Crippen LogP contribution is -2.24. The highest BCUT2D eigenvalue weighted by Gasteiger charge is 2.30. The summed E-state index contributed by atoms with van der Waals surface area (Å²) in [5.74, 6) is -1.88. The minimum Gasteiger partial charge on any atom is -0.465 e. The zero-order valence-electron chi connectivity index (χ0n) is 18.9. The average Bonchev–Trinajstić information content (AvgIpc) is 3.61. The Morgan fingerprint density at radius 3 is 2.81 bits per heavy atom. The van der Waals surface area contributed by atoms with Gasteiger partial charge in [-0.15, -0.1) is 0 Å². The van der Waals surface area contributed by atoms with Gasteiger partial charge < -0.3 is 14.1 Å². The second kappa shape index (κ2) is 8.36. The molecule has 4 heterocycles. The molecule has 11 heteroatoms. The number of carbonyl (C=O) groups is 1. The molecule has 1 saturated heterocycles. The molecule has 1 atom stereocenters. The molecule has 0 bridgehead atoms. The molecule has 8 nitrogen and oxygen atoms in total. The minimum absolute atomic E-state index is 0.139. The van der Waals surface area contributed by atoms with Crippen molar-refractivity contribution >= 4 is 28.5 Å². The first-order valence-electron chi connectivity index (χ1n) is 11.2. The number of fused-ring (bicyclic) bond motifs is 2. The summed E-state index contributed by atoms with van der Waals surface area (Å²) in [6, 6.07) is 7.17. The second-order valence-corrected chi connectivity index (χ2v) is 8.44. The lowest BCUT2D eigenvalue weighted by atomic mass is 10.0. The Morgan fingerprint density at radius 2 is 1.97 bits per heavy atom. The molecule has 3 aromatic heterocycles. The lowest BCUT2D eigenvalue weighted by Gasteiger charge is -2.26. The van der Waals surface area contributed by atoms with Crippen LogP contribution in [0.15, 0.2) is 53.2 Å². The van der Waals surface area contributed by atoms with Crippen LogP contribution in [0.3, 0.4) is 0 Å². The monoisotopic (exact) mass is 493 g/mol.